The highest BCUT2D eigenvalue weighted by atomic mass is 16.5. The van der Waals surface area contributed by atoms with E-state index < -0.39 is 5.97 Å². The molecule has 170 valence electrons. The second kappa shape index (κ2) is 9.47. The number of rotatable bonds is 8. The molecule has 0 amide bonds. The van der Waals surface area contributed by atoms with Crippen molar-refractivity contribution in [3.63, 3.8) is 0 Å². The maximum atomic E-state index is 11.3. The van der Waals surface area contributed by atoms with E-state index in [-0.39, 0.29) is 5.92 Å². The fraction of sp³-hybridized carbons (Fsp3) is 0.500. The standard InChI is InChI=1S/C22H29N7O3/c1-4-32-12-11-29-19-18(15(3)27-29)25-22(28-9-6-16(7-10-28)21(30)31)26-20(19)24-17-13-14(2)5-8-23-17/h5,8,13,16H,4,6-7,9-12H2,1-3H3,(H,30,31)(H,23,24,25,26). The Kier molecular flexibility index (Phi) is 6.50. The number of carbonyl (C=O) groups is 1. The van der Waals surface area contributed by atoms with E-state index in [0.29, 0.717) is 63.3 Å². The van der Waals surface area contributed by atoms with E-state index in [0.717, 1.165) is 22.3 Å². The Morgan fingerprint density at radius 3 is 2.75 bits per heavy atom. The molecule has 0 unspecified atom stereocenters. The third kappa shape index (κ3) is 4.64. The Labute approximate surface area is 186 Å². The number of anilines is 3. The first kappa shape index (κ1) is 21.9. The number of nitrogens with zero attached hydrogens (tertiary/aromatic N) is 6. The van der Waals surface area contributed by atoms with Gasteiger partial charge < -0.3 is 20.1 Å². The Morgan fingerprint density at radius 1 is 1.28 bits per heavy atom. The molecule has 10 heteroatoms. The molecule has 0 spiro atoms. The lowest BCUT2D eigenvalue weighted by Crippen LogP contribution is -2.37. The highest BCUT2D eigenvalue weighted by molar-refractivity contribution is 5.90. The van der Waals surface area contributed by atoms with Crippen LogP contribution in [0.15, 0.2) is 18.3 Å². The zero-order valence-corrected chi connectivity index (χ0v) is 18.7. The van der Waals surface area contributed by atoms with Crippen LogP contribution in [0.2, 0.25) is 0 Å². The van der Waals surface area contributed by atoms with Gasteiger partial charge in [0.25, 0.3) is 0 Å². The number of aromatic nitrogens is 5. The lowest BCUT2D eigenvalue weighted by Gasteiger charge is -2.30. The summed E-state index contributed by atoms with van der Waals surface area (Å²) in [6, 6.07) is 3.90. The quantitative estimate of drug-likeness (QED) is 0.511. The molecule has 1 saturated heterocycles. The highest BCUT2D eigenvalue weighted by Crippen LogP contribution is 2.30. The number of fused-ring (bicyclic) bond motifs is 1. The maximum Gasteiger partial charge on any atom is 0.306 e. The topological polar surface area (TPSA) is 118 Å². The molecule has 0 aliphatic carbocycles. The largest absolute Gasteiger partial charge is 0.481 e. The number of nitrogens with one attached hydrogen (secondary N) is 1. The summed E-state index contributed by atoms with van der Waals surface area (Å²) >= 11 is 0. The molecule has 1 aliphatic rings. The van der Waals surface area contributed by atoms with E-state index in [9.17, 15) is 9.90 Å². The lowest BCUT2D eigenvalue weighted by molar-refractivity contribution is -0.142. The molecule has 1 fully saturated rings. The summed E-state index contributed by atoms with van der Waals surface area (Å²) in [5, 5.41) is 17.3. The molecule has 0 aromatic carbocycles. The van der Waals surface area contributed by atoms with Crippen molar-refractivity contribution in [3.05, 3.63) is 29.6 Å². The van der Waals surface area contributed by atoms with E-state index in [1.165, 1.54) is 0 Å². The number of aliphatic carboxylic acids is 1. The first-order valence-corrected chi connectivity index (χ1v) is 11.0. The molecular weight excluding hydrogens is 410 g/mol. The van der Waals surface area contributed by atoms with Gasteiger partial charge in [0.2, 0.25) is 5.95 Å². The molecule has 0 saturated carbocycles. The predicted molar refractivity (Wildman–Crippen MR) is 121 cm³/mol. The fourth-order valence-electron chi connectivity index (χ4n) is 3.96. The van der Waals surface area contributed by atoms with E-state index >= 15 is 0 Å². The third-order valence-corrected chi connectivity index (χ3v) is 5.68. The van der Waals surface area contributed by atoms with Crippen LogP contribution in [0.3, 0.4) is 0 Å². The average Bonchev–Trinajstić information content (AvgIpc) is 3.10. The third-order valence-electron chi connectivity index (χ3n) is 5.68. The van der Waals surface area contributed by atoms with Crippen LogP contribution in [0, 0.1) is 19.8 Å². The normalized spacial score (nSPS) is 14.8. The van der Waals surface area contributed by atoms with Crippen LogP contribution in [0.4, 0.5) is 17.6 Å². The van der Waals surface area contributed by atoms with Crippen molar-refractivity contribution in [1.29, 1.82) is 0 Å². The van der Waals surface area contributed by atoms with Gasteiger partial charge in [-0.25, -0.2) is 9.97 Å². The van der Waals surface area contributed by atoms with Crippen molar-refractivity contribution in [3.8, 4) is 0 Å². The predicted octanol–water partition coefficient (Wildman–Crippen LogP) is 2.92. The number of carboxylic acids is 1. The molecule has 4 heterocycles. The van der Waals surface area contributed by atoms with Crippen molar-refractivity contribution >= 4 is 34.6 Å². The molecular formula is C22H29N7O3. The van der Waals surface area contributed by atoms with Crippen molar-refractivity contribution < 1.29 is 14.6 Å². The van der Waals surface area contributed by atoms with Crippen LogP contribution in [0.1, 0.15) is 31.0 Å². The zero-order valence-electron chi connectivity index (χ0n) is 18.7. The van der Waals surface area contributed by atoms with Crippen LogP contribution >= 0.6 is 0 Å². The summed E-state index contributed by atoms with van der Waals surface area (Å²) in [6.07, 6.45) is 2.91. The summed E-state index contributed by atoms with van der Waals surface area (Å²) in [7, 11) is 0. The molecule has 0 bridgehead atoms. The molecule has 3 aromatic heterocycles. The number of carboxylic acid groups (broad SMARTS) is 1. The van der Waals surface area contributed by atoms with Gasteiger partial charge in [0, 0.05) is 25.9 Å². The Bertz CT molecular complexity index is 1110. The van der Waals surface area contributed by atoms with Gasteiger partial charge in [-0.3, -0.25) is 9.48 Å². The minimum Gasteiger partial charge on any atom is -0.481 e. The van der Waals surface area contributed by atoms with Crippen molar-refractivity contribution in [2.45, 2.75) is 40.2 Å². The smallest absolute Gasteiger partial charge is 0.306 e. The zero-order chi connectivity index (χ0) is 22.7. The van der Waals surface area contributed by atoms with Crippen LogP contribution in [-0.2, 0) is 16.1 Å². The minimum absolute atomic E-state index is 0.313. The van der Waals surface area contributed by atoms with Crippen LogP contribution in [-0.4, -0.2) is 62.1 Å². The second-order valence-electron chi connectivity index (χ2n) is 8.02. The van der Waals surface area contributed by atoms with Crippen molar-refractivity contribution in [2.24, 2.45) is 5.92 Å². The van der Waals surface area contributed by atoms with Crippen LogP contribution < -0.4 is 10.2 Å². The molecule has 32 heavy (non-hydrogen) atoms. The van der Waals surface area contributed by atoms with Gasteiger partial charge >= 0.3 is 5.97 Å². The van der Waals surface area contributed by atoms with Gasteiger partial charge in [-0.1, -0.05) is 0 Å². The first-order valence-electron chi connectivity index (χ1n) is 11.0. The van der Waals surface area contributed by atoms with Gasteiger partial charge in [0.05, 0.1) is 24.8 Å². The number of hydrogen-bond acceptors (Lipinski definition) is 8. The van der Waals surface area contributed by atoms with E-state index in [2.05, 4.69) is 15.4 Å². The number of pyridine rings is 1. The van der Waals surface area contributed by atoms with Gasteiger partial charge in [-0.15, -0.1) is 0 Å². The Balaban J connectivity index is 1.73. The lowest BCUT2D eigenvalue weighted by atomic mass is 9.97. The first-order chi connectivity index (χ1) is 15.5. The number of hydrogen-bond donors (Lipinski definition) is 2. The number of ether oxygens (including phenoxy) is 1. The van der Waals surface area contributed by atoms with Gasteiger partial charge in [-0.05, 0) is 51.3 Å². The summed E-state index contributed by atoms with van der Waals surface area (Å²) in [5.41, 5.74) is 3.46. The molecule has 0 atom stereocenters. The Morgan fingerprint density at radius 2 is 2.06 bits per heavy atom. The average molecular weight is 440 g/mol. The summed E-state index contributed by atoms with van der Waals surface area (Å²) < 4.78 is 7.40. The fourth-order valence-corrected chi connectivity index (χ4v) is 3.96. The molecule has 1 aliphatic heterocycles. The molecule has 10 nitrogen and oxygen atoms in total. The minimum atomic E-state index is -0.736. The second-order valence-corrected chi connectivity index (χ2v) is 8.02. The van der Waals surface area contributed by atoms with E-state index in [1.54, 1.807) is 6.20 Å². The van der Waals surface area contributed by atoms with Gasteiger partial charge in [-0.2, -0.15) is 10.1 Å². The van der Waals surface area contributed by atoms with Crippen molar-refractivity contribution in [2.75, 3.05) is 36.5 Å². The molecule has 0 radical (unpaired) electrons. The van der Waals surface area contributed by atoms with E-state index in [4.69, 9.17) is 14.7 Å². The molecule has 4 rings (SSSR count). The SMILES string of the molecule is CCOCCn1nc(C)c2nc(N3CCC(C(=O)O)CC3)nc(Nc3cc(C)ccn3)c21. The summed E-state index contributed by atoms with van der Waals surface area (Å²) in [4.78, 5) is 27.4. The Hall–Kier alpha value is -3.27. The number of aryl methyl sites for hydroxylation is 2. The van der Waals surface area contributed by atoms with Gasteiger partial charge in [0.1, 0.15) is 16.9 Å². The summed E-state index contributed by atoms with van der Waals surface area (Å²) in [6.45, 7) is 8.87. The van der Waals surface area contributed by atoms with Gasteiger partial charge in [0.15, 0.2) is 5.82 Å². The highest BCUT2D eigenvalue weighted by Gasteiger charge is 2.27. The van der Waals surface area contributed by atoms with Crippen LogP contribution in [0.5, 0.6) is 0 Å². The van der Waals surface area contributed by atoms with Crippen molar-refractivity contribution in [1.82, 2.24) is 24.7 Å². The number of piperidine rings is 1. The monoisotopic (exact) mass is 439 g/mol. The van der Waals surface area contributed by atoms with E-state index in [1.807, 2.05) is 42.5 Å². The maximum absolute atomic E-state index is 11.3. The molecule has 2 N–H and O–H groups in total. The summed E-state index contributed by atoms with van der Waals surface area (Å²) in [5.74, 6) is 0.840. The molecule has 3 aromatic rings. The van der Waals surface area contributed by atoms with Crippen LogP contribution in [0.25, 0.3) is 11.0 Å².